The average Bonchev–Trinajstić information content (AvgIpc) is 2.38. The van der Waals surface area contributed by atoms with Crippen molar-refractivity contribution in [1.29, 1.82) is 0 Å². The van der Waals surface area contributed by atoms with Crippen LogP contribution in [0.25, 0.3) is 0 Å². The standard InChI is InChI=1S/C15H24N2O/c1-15(2)9-5-4-6-13(15)16-10-12-7-8-14(18-3)17-11-12/h7-8,11,13,16H,4-6,9-10H2,1-3H3. The molecule has 0 bridgehead atoms. The third-order valence-corrected chi connectivity index (χ3v) is 4.07. The number of hydrogen-bond donors (Lipinski definition) is 1. The van der Waals surface area contributed by atoms with Crippen LogP contribution in [0.5, 0.6) is 5.88 Å². The van der Waals surface area contributed by atoms with Crippen molar-refractivity contribution in [2.45, 2.75) is 52.1 Å². The summed E-state index contributed by atoms with van der Waals surface area (Å²) < 4.78 is 5.07. The van der Waals surface area contributed by atoms with E-state index in [9.17, 15) is 0 Å². The van der Waals surface area contributed by atoms with Gasteiger partial charge in [0.05, 0.1) is 7.11 Å². The van der Waals surface area contributed by atoms with Crippen molar-refractivity contribution >= 4 is 0 Å². The zero-order chi connectivity index (χ0) is 13.0. The Morgan fingerprint density at radius 3 is 2.83 bits per heavy atom. The molecule has 1 aromatic heterocycles. The molecule has 1 fully saturated rings. The van der Waals surface area contributed by atoms with Crippen LogP contribution in [0, 0.1) is 5.41 Å². The Labute approximate surface area is 110 Å². The van der Waals surface area contributed by atoms with Crippen LogP contribution in [0.3, 0.4) is 0 Å². The van der Waals surface area contributed by atoms with Crippen molar-refractivity contribution < 1.29 is 4.74 Å². The van der Waals surface area contributed by atoms with Gasteiger partial charge in [-0.3, -0.25) is 0 Å². The first-order valence-corrected chi connectivity index (χ1v) is 6.84. The van der Waals surface area contributed by atoms with Crippen molar-refractivity contribution in [3.05, 3.63) is 23.9 Å². The molecule has 3 nitrogen and oxygen atoms in total. The number of aromatic nitrogens is 1. The van der Waals surface area contributed by atoms with Crippen molar-refractivity contribution in [2.75, 3.05) is 7.11 Å². The second-order valence-electron chi connectivity index (χ2n) is 5.88. The SMILES string of the molecule is COc1ccc(CNC2CCCCC2(C)C)cn1. The normalized spacial score (nSPS) is 22.7. The molecule has 1 aliphatic carbocycles. The first-order chi connectivity index (χ1) is 8.62. The van der Waals surface area contributed by atoms with E-state index in [1.54, 1.807) is 7.11 Å². The Kier molecular flexibility index (Phi) is 4.23. The third kappa shape index (κ3) is 3.22. The van der Waals surface area contributed by atoms with E-state index in [1.807, 2.05) is 12.3 Å². The van der Waals surface area contributed by atoms with E-state index in [0.29, 0.717) is 17.3 Å². The summed E-state index contributed by atoms with van der Waals surface area (Å²) in [6.07, 6.45) is 7.22. The molecule has 1 heterocycles. The molecule has 1 saturated carbocycles. The summed E-state index contributed by atoms with van der Waals surface area (Å²) in [5.74, 6) is 0.678. The molecule has 2 rings (SSSR count). The number of pyridine rings is 1. The fraction of sp³-hybridized carbons (Fsp3) is 0.667. The molecule has 1 aromatic rings. The molecule has 0 radical (unpaired) electrons. The molecule has 1 aliphatic rings. The molecule has 0 saturated heterocycles. The van der Waals surface area contributed by atoms with Crippen LogP contribution in [-0.2, 0) is 6.54 Å². The first-order valence-electron chi connectivity index (χ1n) is 6.84. The second-order valence-corrected chi connectivity index (χ2v) is 5.88. The molecule has 1 atom stereocenters. The Balaban J connectivity index is 1.90. The summed E-state index contributed by atoms with van der Waals surface area (Å²) in [5, 5.41) is 3.68. The van der Waals surface area contributed by atoms with Crippen LogP contribution in [0.1, 0.15) is 45.1 Å². The van der Waals surface area contributed by atoms with Crippen molar-refractivity contribution in [2.24, 2.45) is 5.41 Å². The quantitative estimate of drug-likeness (QED) is 0.888. The molecule has 100 valence electrons. The number of rotatable bonds is 4. The minimum atomic E-state index is 0.415. The minimum absolute atomic E-state index is 0.415. The van der Waals surface area contributed by atoms with Gasteiger partial charge < -0.3 is 10.1 Å². The van der Waals surface area contributed by atoms with E-state index in [2.05, 4.69) is 30.2 Å². The van der Waals surface area contributed by atoms with E-state index in [4.69, 9.17) is 4.74 Å². The van der Waals surface area contributed by atoms with Crippen LogP contribution in [0.2, 0.25) is 0 Å². The van der Waals surface area contributed by atoms with Crippen LogP contribution >= 0.6 is 0 Å². The van der Waals surface area contributed by atoms with E-state index in [0.717, 1.165) is 6.54 Å². The largest absolute Gasteiger partial charge is 0.481 e. The summed E-state index contributed by atoms with van der Waals surface area (Å²) in [5.41, 5.74) is 1.63. The lowest BCUT2D eigenvalue weighted by Gasteiger charge is -2.39. The summed E-state index contributed by atoms with van der Waals surface area (Å²) in [4.78, 5) is 4.24. The number of hydrogen-bond acceptors (Lipinski definition) is 3. The van der Waals surface area contributed by atoms with Crippen LogP contribution < -0.4 is 10.1 Å². The molecule has 0 aliphatic heterocycles. The van der Waals surface area contributed by atoms with Gasteiger partial charge in [0, 0.05) is 24.8 Å². The molecule has 18 heavy (non-hydrogen) atoms. The molecular formula is C15H24N2O. The Hall–Kier alpha value is -1.09. The lowest BCUT2D eigenvalue weighted by molar-refractivity contribution is 0.166. The van der Waals surface area contributed by atoms with E-state index < -0.39 is 0 Å². The van der Waals surface area contributed by atoms with Crippen LogP contribution in [-0.4, -0.2) is 18.1 Å². The Morgan fingerprint density at radius 1 is 1.39 bits per heavy atom. The highest BCUT2D eigenvalue weighted by Crippen LogP contribution is 2.35. The lowest BCUT2D eigenvalue weighted by atomic mass is 9.73. The van der Waals surface area contributed by atoms with Crippen molar-refractivity contribution in [3.8, 4) is 5.88 Å². The first kappa shape index (κ1) is 13.3. The summed E-state index contributed by atoms with van der Waals surface area (Å²) in [6, 6.07) is 4.62. The maximum absolute atomic E-state index is 5.07. The number of nitrogens with zero attached hydrogens (tertiary/aromatic N) is 1. The topological polar surface area (TPSA) is 34.1 Å². The minimum Gasteiger partial charge on any atom is -0.481 e. The van der Waals surface area contributed by atoms with E-state index in [-0.39, 0.29) is 0 Å². The van der Waals surface area contributed by atoms with Gasteiger partial charge in [-0.1, -0.05) is 32.8 Å². The maximum Gasteiger partial charge on any atom is 0.212 e. The highest BCUT2D eigenvalue weighted by molar-refractivity contribution is 5.17. The predicted molar refractivity (Wildman–Crippen MR) is 73.7 cm³/mol. The van der Waals surface area contributed by atoms with Crippen LogP contribution in [0.4, 0.5) is 0 Å². The number of nitrogens with one attached hydrogen (secondary N) is 1. The zero-order valence-corrected chi connectivity index (χ0v) is 11.7. The van der Waals surface area contributed by atoms with Gasteiger partial charge in [-0.25, -0.2) is 4.98 Å². The van der Waals surface area contributed by atoms with Crippen LogP contribution in [0.15, 0.2) is 18.3 Å². The monoisotopic (exact) mass is 248 g/mol. The summed E-state index contributed by atoms with van der Waals surface area (Å²) >= 11 is 0. The highest BCUT2D eigenvalue weighted by atomic mass is 16.5. The Bertz CT molecular complexity index is 373. The van der Waals surface area contributed by atoms with Gasteiger partial charge in [-0.15, -0.1) is 0 Å². The lowest BCUT2D eigenvalue weighted by Crippen LogP contribution is -2.43. The summed E-state index contributed by atoms with van der Waals surface area (Å²) in [6.45, 7) is 5.64. The molecular weight excluding hydrogens is 224 g/mol. The van der Waals surface area contributed by atoms with Gasteiger partial charge in [0.15, 0.2) is 0 Å². The average molecular weight is 248 g/mol. The molecule has 0 spiro atoms. The molecule has 0 amide bonds. The fourth-order valence-electron chi connectivity index (χ4n) is 2.75. The molecule has 1 N–H and O–H groups in total. The molecule has 1 unspecified atom stereocenters. The van der Waals surface area contributed by atoms with Crippen molar-refractivity contribution in [1.82, 2.24) is 10.3 Å². The fourth-order valence-corrected chi connectivity index (χ4v) is 2.75. The molecule has 0 aromatic carbocycles. The molecule has 3 heteroatoms. The summed E-state index contributed by atoms with van der Waals surface area (Å²) in [7, 11) is 1.64. The van der Waals surface area contributed by atoms with Crippen molar-refractivity contribution in [3.63, 3.8) is 0 Å². The van der Waals surface area contributed by atoms with Gasteiger partial charge in [0.25, 0.3) is 0 Å². The van der Waals surface area contributed by atoms with Gasteiger partial charge in [0.2, 0.25) is 5.88 Å². The third-order valence-electron chi connectivity index (χ3n) is 4.07. The smallest absolute Gasteiger partial charge is 0.212 e. The Morgan fingerprint density at radius 2 is 2.22 bits per heavy atom. The van der Waals surface area contributed by atoms with Gasteiger partial charge >= 0.3 is 0 Å². The van der Waals surface area contributed by atoms with E-state index in [1.165, 1.54) is 31.2 Å². The van der Waals surface area contributed by atoms with Gasteiger partial charge in [0.1, 0.15) is 0 Å². The predicted octanol–water partition coefficient (Wildman–Crippen LogP) is 3.15. The highest BCUT2D eigenvalue weighted by Gasteiger charge is 2.31. The van der Waals surface area contributed by atoms with E-state index >= 15 is 0 Å². The van der Waals surface area contributed by atoms with Gasteiger partial charge in [-0.05, 0) is 23.8 Å². The second kappa shape index (κ2) is 5.70. The maximum atomic E-state index is 5.07. The number of ether oxygens (including phenoxy) is 1. The number of methoxy groups -OCH3 is 1. The van der Waals surface area contributed by atoms with Gasteiger partial charge in [-0.2, -0.15) is 0 Å². The zero-order valence-electron chi connectivity index (χ0n) is 11.7.